The molecule has 1 fully saturated rings. The lowest BCUT2D eigenvalue weighted by atomic mass is 10.1. The Morgan fingerprint density at radius 1 is 1.36 bits per heavy atom. The number of carbonyl (C=O) groups is 2. The van der Waals surface area contributed by atoms with E-state index in [4.69, 9.17) is 4.74 Å². The minimum atomic E-state index is -0.489. The largest absolute Gasteiger partial charge is 0.444 e. The number of nitrogens with zero attached hydrogens (tertiary/aromatic N) is 2. The summed E-state index contributed by atoms with van der Waals surface area (Å²) in [5.41, 5.74) is 0.138. The van der Waals surface area contributed by atoms with Gasteiger partial charge in [-0.05, 0) is 39.8 Å². The van der Waals surface area contributed by atoms with Crippen LogP contribution in [0.4, 0.5) is 4.79 Å². The first-order valence-electron chi connectivity index (χ1n) is 7.65. The molecule has 1 aromatic rings. The van der Waals surface area contributed by atoms with Gasteiger partial charge in [-0.3, -0.25) is 9.69 Å². The minimum absolute atomic E-state index is 0.0278. The van der Waals surface area contributed by atoms with Crippen LogP contribution >= 0.6 is 0 Å². The smallest absolute Gasteiger partial charge is 0.410 e. The van der Waals surface area contributed by atoms with Crippen molar-refractivity contribution < 1.29 is 14.3 Å². The molecule has 0 radical (unpaired) electrons. The van der Waals surface area contributed by atoms with Crippen molar-refractivity contribution in [3.05, 3.63) is 24.0 Å². The SMILES string of the molecule is C[C@H]1CN(CC(=O)c2ccc[nH]2)CCN1C(=O)OC(C)(C)C. The number of H-pyrrole nitrogens is 1. The molecule has 0 bridgehead atoms. The third-order valence-corrected chi connectivity index (χ3v) is 3.61. The lowest BCUT2D eigenvalue weighted by molar-refractivity contribution is 0.00219. The van der Waals surface area contributed by atoms with Crippen molar-refractivity contribution in [3.63, 3.8) is 0 Å². The molecule has 2 rings (SSSR count). The Kier molecular flexibility index (Phi) is 4.90. The fourth-order valence-corrected chi connectivity index (χ4v) is 2.56. The zero-order chi connectivity index (χ0) is 16.3. The number of rotatable bonds is 3. The summed E-state index contributed by atoms with van der Waals surface area (Å²) in [5, 5.41) is 0. The highest BCUT2D eigenvalue weighted by molar-refractivity contribution is 5.95. The monoisotopic (exact) mass is 307 g/mol. The van der Waals surface area contributed by atoms with Crippen molar-refractivity contribution in [1.82, 2.24) is 14.8 Å². The van der Waals surface area contributed by atoms with Crippen LogP contribution in [-0.4, -0.2) is 64.5 Å². The van der Waals surface area contributed by atoms with Gasteiger partial charge in [-0.15, -0.1) is 0 Å². The van der Waals surface area contributed by atoms with E-state index in [1.807, 2.05) is 33.8 Å². The molecule has 1 aliphatic heterocycles. The van der Waals surface area contributed by atoms with E-state index in [0.29, 0.717) is 31.9 Å². The first-order chi connectivity index (χ1) is 10.3. The van der Waals surface area contributed by atoms with Crippen LogP contribution < -0.4 is 0 Å². The van der Waals surface area contributed by atoms with Crippen LogP contribution in [0.3, 0.4) is 0 Å². The molecule has 6 heteroatoms. The third kappa shape index (κ3) is 4.34. The summed E-state index contributed by atoms with van der Waals surface area (Å²) in [6, 6.07) is 3.62. The van der Waals surface area contributed by atoms with E-state index < -0.39 is 5.60 Å². The molecule has 1 saturated heterocycles. The Morgan fingerprint density at radius 2 is 2.09 bits per heavy atom. The number of carbonyl (C=O) groups excluding carboxylic acids is 2. The quantitative estimate of drug-likeness (QED) is 0.869. The summed E-state index contributed by atoms with van der Waals surface area (Å²) in [6.45, 7) is 9.86. The van der Waals surface area contributed by atoms with Crippen LogP contribution in [0.15, 0.2) is 18.3 Å². The number of nitrogens with one attached hydrogen (secondary N) is 1. The van der Waals surface area contributed by atoms with Crippen molar-refractivity contribution in [2.45, 2.75) is 39.3 Å². The molecule has 2 heterocycles. The Hall–Kier alpha value is -1.82. The van der Waals surface area contributed by atoms with Crippen LogP contribution in [0.2, 0.25) is 0 Å². The number of aromatic amines is 1. The van der Waals surface area contributed by atoms with Gasteiger partial charge in [0.25, 0.3) is 0 Å². The second-order valence-corrected chi connectivity index (χ2v) is 6.76. The topological polar surface area (TPSA) is 65.6 Å². The number of ketones is 1. The van der Waals surface area contributed by atoms with E-state index in [2.05, 4.69) is 9.88 Å². The number of hydrogen-bond acceptors (Lipinski definition) is 4. The van der Waals surface area contributed by atoms with E-state index >= 15 is 0 Å². The standard InChI is InChI=1S/C16H25N3O3/c1-12-10-18(11-14(20)13-6-5-7-17-13)8-9-19(12)15(21)22-16(2,3)4/h5-7,12,17H,8-11H2,1-4H3/t12-/m0/s1. The lowest BCUT2D eigenvalue weighted by Gasteiger charge is -2.39. The number of amides is 1. The van der Waals surface area contributed by atoms with Gasteiger partial charge >= 0.3 is 6.09 Å². The Balaban J connectivity index is 1.87. The highest BCUT2D eigenvalue weighted by atomic mass is 16.6. The second-order valence-electron chi connectivity index (χ2n) is 6.76. The normalized spacial score (nSPS) is 20.0. The highest BCUT2D eigenvalue weighted by Crippen LogP contribution is 2.16. The Bertz CT molecular complexity index is 519. The van der Waals surface area contributed by atoms with Crippen molar-refractivity contribution in [2.75, 3.05) is 26.2 Å². The van der Waals surface area contributed by atoms with E-state index in [1.54, 1.807) is 17.2 Å². The molecular weight excluding hydrogens is 282 g/mol. The molecule has 0 spiro atoms. The Labute approximate surface area is 131 Å². The number of piperazine rings is 1. The molecule has 1 amide bonds. The molecule has 0 unspecified atom stereocenters. The van der Waals surface area contributed by atoms with Crippen molar-refractivity contribution in [1.29, 1.82) is 0 Å². The van der Waals surface area contributed by atoms with E-state index in [9.17, 15) is 9.59 Å². The zero-order valence-corrected chi connectivity index (χ0v) is 13.8. The molecule has 0 aromatic carbocycles. The fourth-order valence-electron chi connectivity index (χ4n) is 2.56. The summed E-state index contributed by atoms with van der Waals surface area (Å²) < 4.78 is 5.42. The zero-order valence-electron chi connectivity index (χ0n) is 13.8. The molecule has 0 saturated carbocycles. The molecule has 1 atom stereocenters. The van der Waals surface area contributed by atoms with Crippen LogP contribution in [0, 0.1) is 0 Å². The summed E-state index contributed by atoms with van der Waals surface area (Å²) in [6.07, 6.45) is 1.46. The molecule has 122 valence electrons. The Morgan fingerprint density at radius 3 is 2.64 bits per heavy atom. The first-order valence-corrected chi connectivity index (χ1v) is 7.65. The van der Waals surface area contributed by atoms with Crippen LogP contribution in [0.1, 0.15) is 38.2 Å². The van der Waals surface area contributed by atoms with Gasteiger partial charge in [-0.25, -0.2) is 4.79 Å². The maximum Gasteiger partial charge on any atom is 0.410 e. The van der Waals surface area contributed by atoms with Crippen molar-refractivity contribution >= 4 is 11.9 Å². The van der Waals surface area contributed by atoms with Gasteiger partial charge < -0.3 is 14.6 Å². The van der Waals surface area contributed by atoms with Gasteiger partial charge in [0.15, 0.2) is 5.78 Å². The lowest BCUT2D eigenvalue weighted by Crippen LogP contribution is -2.55. The van der Waals surface area contributed by atoms with E-state index in [1.165, 1.54) is 0 Å². The highest BCUT2D eigenvalue weighted by Gasteiger charge is 2.31. The number of Topliss-reactive ketones (excluding diaryl/α,β-unsaturated/α-hetero) is 1. The summed E-state index contributed by atoms with van der Waals surface area (Å²) in [5.74, 6) is 0.0721. The van der Waals surface area contributed by atoms with Gasteiger partial charge in [0.2, 0.25) is 0 Å². The molecule has 6 nitrogen and oxygen atoms in total. The number of ether oxygens (including phenoxy) is 1. The van der Waals surface area contributed by atoms with Crippen LogP contribution in [0.5, 0.6) is 0 Å². The first kappa shape index (κ1) is 16.5. The van der Waals surface area contributed by atoms with E-state index in [0.717, 1.165) is 0 Å². The second kappa shape index (κ2) is 6.52. The molecule has 1 N–H and O–H groups in total. The minimum Gasteiger partial charge on any atom is -0.444 e. The van der Waals surface area contributed by atoms with Gasteiger partial charge in [-0.1, -0.05) is 0 Å². The van der Waals surface area contributed by atoms with Crippen molar-refractivity contribution in [3.8, 4) is 0 Å². The van der Waals surface area contributed by atoms with Gasteiger partial charge in [0, 0.05) is 31.9 Å². The molecule has 22 heavy (non-hydrogen) atoms. The molecule has 1 aliphatic rings. The van der Waals surface area contributed by atoms with Gasteiger partial charge in [0.1, 0.15) is 5.60 Å². The predicted molar refractivity (Wildman–Crippen MR) is 84.0 cm³/mol. The maximum absolute atomic E-state index is 12.2. The molecular formula is C16H25N3O3. The number of hydrogen-bond donors (Lipinski definition) is 1. The van der Waals surface area contributed by atoms with Crippen LogP contribution in [-0.2, 0) is 4.74 Å². The molecule has 0 aliphatic carbocycles. The van der Waals surface area contributed by atoms with Crippen LogP contribution in [0.25, 0.3) is 0 Å². The third-order valence-electron chi connectivity index (χ3n) is 3.61. The average molecular weight is 307 g/mol. The maximum atomic E-state index is 12.2. The van der Waals surface area contributed by atoms with Crippen molar-refractivity contribution in [2.24, 2.45) is 0 Å². The van der Waals surface area contributed by atoms with E-state index in [-0.39, 0.29) is 17.9 Å². The summed E-state index contributed by atoms with van der Waals surface area (Å²) in [7, 11) is 0. The predicted octanol–water partition coefficient (Wildman–Crippen LogP) is 2.14. The average Bonchev–Trinajstić information content (AvgIpc) is 2.90. The molecule has 1 aromatic heterocycles. The fraction of sp³-hybridized carbons (Fsp3) is 0.625. The number of aromatic nitrogens is 1. The summed E-state index contributed by atoms with van der Waals surface area (Å²) >= 11 is 0. The summed E-state index contributed by atoms with van der Waals surface area (Å²) in [4.78, 5) is 31.0. The van der Waals surface area contributed by atoms with Gasteiger partial charge in [-0.2, -0.15) is 0 Å². The van der Waals surface area contributed by atoms with Gasteiger partial charge in [0.05, 0.1) is 12.2 Å².